The second-order valence-electron chi connectivity index (χ2n) is 7.13. The lowest BCUT2D eigenvalue weighted by Gasteiger charge is -2.25. The van der Waals surface area contributed by atoms with E-state index in [-0.39, 0.29) is 10.6 Å². The van der Waals surface area contributed by atoms with Crippen LogP contribution < -0.4 is 9.80 Å². The molecule has 2 aliphatic heterocycles. The SMILES string of the molecule is Clc1nc(N2CCCCCC2)c2nc(Cl)nc(N3CCCCCC3)c2n1. The molecule has 2 aromatic rings. The highest BCUT2D eigenvalue weighted by molar-refractivity contribution is 6.30. The Balaban J connectivity index is 1.83. The number of aromatic nitrogens is 4. The van der Waals surface area contributed by atoms with E-state index >= 15 is 0 Å². The van der Waals surface area contributed by atoms with E-state index in [1.165, 1.54) is 25.7 Å². The molecule has 0 bridgehead atoms. The van der Waals surface area contributed by atoms with Crippen LogP contribution in [0.4, 0.5) is 11.6 Å². The smallest absolute Gasteiger partial charge is 0.225 e. The Bertz CT molecular complexity index is 703. The lowest BCUT2D eigenvalue weighted by atomic mass is 10.2. The monoisotopic (exact) mass is 394 g/mol. The molecule has 6 nitrogen and oxygen atoms in total. The third-order valence-corrected chi connectivity index (χ3v) is 5.60. The van der Waals surface area contributed by atoms with E-state index in [0.717, 1.165) is 74.5 Å². The van der Waals surface area contributed by atoms with Gasteiger partial charge in [0.1, 0.15) is 11.0 Å². The zero-order chi connectivity index (χ0) is 17.9. The molecule has 140 valence electrons. The van der Waals surface area contributed by atoms with Crippen molar-refractivity contribution in [3.8, 4) is 0 Å². The minimum absolute atomic E-state index is 0.249. The van der Waals surface area contributed by atoms with Crippen molar-refractivity contribution in [2.24, 2.45) is 0 Å². The molecule has 2 aromatic heterocycles. The van der Waals surface area contributed by atoms with Crippen molar-refractivity contribution in [1.29, 1.82) is 0 Å². The van der Waals surface area contributed by atoms with Crippen LogP contribution in [-0.4, -0.2) is 46.1 Å². The molecule has 0 amide bonds. The van der Waals surface area contributed by atoms with Gasteiger partial charge < -0.3 is 9.80 Å². The van der Waals surface area contributed by atoms with Gasteiger partial charge in [0.2, 0.25) is 10.6 Å². The second kappa shape index (κ2) is 8.09. The van der Waals surface area contributed by atoms with Gasteiger partial charge in [-0.1, -0.05) is 25.7 Å². The summed E-state index contributed by atoms with van der Waals surface area (Å²) in [5, 5.41) is 0.498. The second-order valence-corrected chi connectivity index (χ2v) is 7.81. The first kappa shape index (κ1) is 18.0. The van der Waals surface area contributed by atoms with Gasteiger partial charge in [-0.3, -0.25) is 0 Å². The summed E-state index contributed by atoms with van der Waals surface area (Å²) in [5.41, 5.74) is 1.44. The van der Waals surface area contributed by atoms with E-state index < -0.39 is 0 Å². The van der Waals surface area contributed by atoms with E-state index in [1.807, 2.05) is 0 Å². The largest absolute Gasteiger partial charge is 0.355 e. The first-order chi connectivity index (χ1) is 12.7. The summed E-state index contributed by atoms with van der Waals surface area (Å²) in [6, 6.07) is 0. The van der Waals surface area contributed by atoms with Crippen molar-refractivity contribution < 1.29 is 0 Å². The molecule has 4 rings (SSSR count). The molecule has 0 N–H and O–H groups in total. The average Bonchev–Trinajstić information content (AvgIpc) is 3.06. The van der Waals surface area contributed by atoms with Gasteiger partial charge in [-0.2, -0.15) is 9.97 Å². The molecule has 0 saturated carbocycles. The third-order valence-electron chi connectivity index (χ3n) is 5.26. The molecule has 0 aromatic carbocycles. The molecule has 0 aliphatic carbocycles. The quantitative estimate of drug-likeness (QED) is 0.699. The van der Waals surface area contributed by atoms with Gasteiger partial charge in [-0.25, -0.2) is 9.97 Å². The molecule has 26 heavy (non-hydrogen) atoms. The molecule has 2 aliphatic rings. The van der Waals surface area contributed by atoms with Gasteiger partial charge in [-0.05, 0) is 48.9 Å². The number of rotatable bonds is 2. The molecule has 2 fully saturated rings. The minimum atomic E-state index is 0.249. The van der Waals surface area contributed by atoms with Crippen LogP contribution in [0, 0.1) is 0 Å². The van der Waals surface area contributed by atoms with Gasteiger partial charge >= 0.3 is 0 Å². The van der Waals surface area contributed by atoms with Crippen molar-refractivity contribution in [2.45, 2.75) is 51.4 Å². The Labute approximate surface area is 163 Å². The molecule has 2 saturated heterocycles. The molecule has 0 unspecified atom stereocenters. The summed E-state index contributed by atoms with van der Waals surface area (Å²) < 4.78 is 0. The summed E-state index contributed by atoms with van der Waals surface area (Å²) in [5.74, 6) is 1.59. The molecule has 0 radical (unpaired) electrons. The minimum Gasteiger partial charge on any atom is -0.355 e. The maximum absolute atomic E-state index is 6.31. The van der Waals surface area contributed by atoms with E-state index in [4.69, 9.17) is 23.2 Å². The lowest BCUT2D eigenvalue weighted by Crippen LogP contribution is -2.27. The Kier molecular flexibility index (Phi) is 5.60. The molecule has 4 heterocycles. The van der Waals surface area contributed by atoms with E-state index in [2.05, 4.69) is 29.7 Å². The highest BCUT2D eigenvalue weighted by Crippen LogP contribution is 2.32. The normalized spacial score (nSPS) is 19.5. The van der Waals surface area contributed by atoms with Crippen LogP contribution in [0.3, 0.4) is 0 Å². The van der Waals surface area contributed by atoms with Gasteiger partial charge in [0.15, 0.2) is 11.6 Å². The van der Waals surface area contributed by atoms with Crippen LogP contribution in [0.1, 0.15) is 51.4 Å². The fourth-order valence-electron chi connectivity index (χ4n) is 3.94. The van der Waals surface area contributed by atoms with Crippen molar-refractivity contribution in [3.05, 3.63) is 10.6 Å². The number of halogens is 2. The predicted molar refractivity (Wildman–Crippen MR) is 107 cm³/mol. The Morgan fingerprint density at radius 2 is 0.846 bits per heavy atom. The molecular formula is C18H24Cl2N6. The summed E-state index contributed by atoms with van der Waals surface area (Å²) in [6.45, 7) is 3.85. The Morgan fingerprint density at radius 3 is 1.19 bits per heavy atom. The summed E-state index contributed by atoms with van der Waals surface area (Å²) >= 11 is 12.6. The number of fused-ring (bicyclic) bond motifs is 1. The third kappa shape index (κ3) is 3.81. The van der Waals surface area contributed by atoms with Crippen LogP contribution in [0.5, 0.6) is 0 Å². The highest BCUT2D eigenvalue weighted by atomic mass is 35.5. The Hall–Kier alpha value is -1.40. The lowest BCUT2D eigenvalue weighted by molar-refractivity contribution is 0.726. The number of hydrogen-bond donors (Lipinski definition) is 0. The van der Waals surface area contributed by atoms with Crippen molar-refractivity contribution in [3.63, 3.8) is 0 Å². The van der Waals surface area contributed by atoms with Crippen LogP contribution in [0.25, 0.3) is 11.0 Å². The van der Waals surface area contributed by atoms with Gasteiger partial charge in [0, 0.05) is 26.2 Å². The summed E-state index contributed by atoms with van der Waals surface area (Å²) in [4.78, 5) is 22.6. The van der Waals surface area contributed by atoms with Crippen molar-refractivity contribution >= 4 is 45.9 Å². The zero-order valence-electron chi connectivity index (χ0n) is 14.9. The van der Waals surface area contributed by atoms with E-state index in [9.17, 15) is 0 Å². The maximum atomic E-state index is 6.31. The van der Waals surface area contributed by atoms with E-state index in [1.54, 1.807) is 0 Å². The summed E-state index contributed by atoms with van der Waals surface area (Å²) in [6.07, 6.45) is 9.62. The average molecular weight is 395 g/mol. The number of anilines is 2. The molecular weight excluding hydrogens is 371 g/mol. The topological polar surface area (TPSA) is 58.0 Å². The molecule has 8 heteroatoms. The fraction of sp³-hybridized carbons (Fsp3) is 0.667. The van der Waals surface area contributed by atoms with Gasteiger partial charge in [0.25, 0.3) is 0 Å². The van der Waals surface area contributed by atoms with Crippen LogP contribution in [0.15, 0.2) is 0 Å². The predicted octanol–water partition coefficient (Wildman–Crippen LogP) is 4.49. The number of hydrogen-bond acceptors (Lipinski definition) is 6. The number of nitrogens with zero attached hydrogens (tertiary/aromatic N) is 6. The first-order valence-electron chi connectivity index (χ1n) is 9.63. The van der Waals surface area contributed by atoms with Crippen molar-refractivity contribution in [2.75, 3.05) is 36.0 Å². The Morgan fingerprint density at radius 1 is 0.500 bits per heavy atom. The fourth-order valence-corrected chi connectivity index (χ4v) is 4.27. The van der Waals surface area contributed by atoms with Gasteiger partial charge in [-0.15, -0.1) is 0 Å². The zero-order valence-corrected chi connectivity index (χ0v) is 16.4. The van der Waals surface area contributed by atoms with Crippen molar-refractivity contribution in [1.82, 2.24) is 19.9 Å². The van der Waals surface area contributed by atoms with Gasteiger partial charge in [0.05, 0.1) is 0 Å². The standard InChI is InChI=1S/C18H24Cl2N6/c19-17-22-14-13(15(23-17)25-9-5-1-2-6-10-25)21-18(20)24-16(14)26-11-7-3-4-8-12-26/h1-12H2. The van der Waals surface area contributed by atoms with Crippen LogP contribution in [0.2, 0.25) is 10.6 Å². The molecule has 0 spiro atoms. The van der Waals surface area contributed by atoms with E-state index in [0.29, 0.717) is 0 Å². The maximum Gasteiger partial charge on any atom is 0.225 e. The first-order valence-corrected chi connectivity index (χ1v) is 10.4. The summed E-state index contributed by atoms with van der Waals surface area (Å²) in [7, 11) is 0. The van der Waals surface area contributed by atoms with Crippen LogP contribution in [-0.2, 0) is 0 Å². The highest BCUT2D eigenvalue weighted by Gasteiger charge is 2.23. The van der Waals surface area contributed by atoms with Crippen LogP contribution >= 0.6 is 23.2 Å². The molecule has 0 atom stereocenters.